The van der Waals surface area contributed by atoms with Gasteiger partial charge in [-0.3, -0.25) is 13.7 Å². The van der Waals surface area contributed by atoms with Gasteiger partial charge in [-0.1, -0.05) is 17.7 Å². The number of sulfonamides is 1. The molecule has 0 unspecified atom stereocenters. The minimum Gasteiger partial charge on any atom is -0.302 e. The molecule has 10 heteroatoms. The fourth-order valence-electron chi connectivity index (χ4n) is 1.80. The van der Waals surface area contributed by atoms with Crippen LogP contribution in [-0.2, 0) is 24.1 Å². The van der Waals surface area contributed by atoms with Crippen LogP contribution >= 0.6 is 11.6 Å². The van der Waals surface area contributed by atoms with Crippen molar-refractivity contribution >= 4 is 27.4 Å². The molecule has 2 aromatic rings. The first-order valence-corrected chi connectivity index (χ1v) is 7.86. The maximum absolute atomic E-state index is 12.6. The summed E-state index contributed by atoms with van der Waals surface area (Å²) in [6, 6.07) is 4.47. The van der Waals surface area contributed by atoms with Crippen molar-refractivity contribution in [3.8, 4) is 0 Å². The van der Waals surface area contributed by atoms with Crippen LogP contribution in [0.15, 0.2) is 38.9 Å². The average Bonchev–Trinajstić information content (AvgIpc) is 2.47. The fourth-order valence-corrected chi connectivity index (χ4v) is 3.25. The monoisotopic (exact) mass is 344 g/mol. The first-order valence-electron chi connectivity index (χ1n) is 6.04. The molecule has 0 spiro atoms. The van der Waals surface area contributed by atoms with Gasteiger partial charge in [-0.15, -0.1) is 0 Å². The fraction of sp³-hybridized carbons (Fsp3) is 0.250. The highest BCUT2D eigenvalue weighted by Crippen LogP contribution is 2.19. The maximum Gasteiger partial charge on any atom is 0.330 e. The lowest BCUT2D eigenvalue weighted by Gasteiger charge is -2.18. The standard InChI is InChI=1S/C12H13ClN4O4S/c1-15-7-8(11(18)16(2)12(15)19)22(20,21)17(3)10-6-4-5-9(13)14-10/h4-7H,1-3H3. The van der Waals surface area contributed by atoms with E-state index in [9.17, 15) is 18.0 Å². The smallest absolute Gasteiger partial charge is 0.302 e. The number of nitrogens with zero attached hydrogens (tertiary/aromatic N) is 4. The van der Waals surface area contributed by atoms with Crippen molar-refractivity contribution in [2.24, 2.45) is 14.1 Å². The van der Waals surface area contributed by atoms with Gasteiger partial charge < -0.3 is 4.57 Å². The molecule has 0 aliphatic rings. The molecule has 2 aromatic heterocycles. The molecule has 0 radical (unpaired) electrons. The maximum atomic E-state index is 12.6. The van der Waals surface area contributed by atoms with E-state index in [0.29, 0.717) is 0 Å². The molecule has 0 aliphatic heterocycles. The number of hydrogen-bond donors (Lipinski definition) is 0. The van der Waals surface area contributed by atoms with Gasteiger partial charge >= 0.3 is 5.69 Å². The van der Waals surface area contributed by atoms with Gasteiger partial charge in [-0.25, -0.2) is 18.2 Å². The summed E-state index contributed by atoms with van der Waals surface area (Å²) in [5.41, 5.74) is -1.52. The second kappa shape index (κ2) is 5.58. The Balaban J connectivity index is 2.66. The van der Waals surface area contributed by atoms with Gasteiger partial charge in [0.2, 0.25) is 0 Å². The SMILES string of the molecule is CN(c1cccc(Cl)n1)S(=O)(=O)c1cn(C)c(=O)n(C)c1=O. The van der Waals surface area contributed by atoms with E-state index in [1.807, 2.05) is 0 Å². The van der Waals surface area contributed by atoms with Crippen molar-refractivity contribution in [2.45, 2.75) is 4.90 Å². The Morgan fingerprint density at radius 2 is 1.86 bits per heavy atom. The molecule has 0 saturated heterocycles. The molecule has 0 N–H and O–H groups in total. The first-order chi connectivity index (χ1) is 10.2. The van der Waals surface area contributed by atoms with Crippen LogP contribution in [0.1, 0.15) is 0 Å². The van der Waals surface area contributed by atoms with Crippen LogP contribution < -0.4 is 15.6 Å². The highest BCUT2D eigenvalue weighted by atomic mass is 35.5. The molecule has 0 saturated carbocycles. The third kappa shape index (κ3) is 2.64. The third-order valence-electron chi connectivity index (χ3n) is 3.08. The quantitative estimate of drug-likeness (QED) is 0.728. The predicted octanol–water partition coefficient (Wildman–Crippen LogP) is -0.0425. The molecule has 22 heavy (non-hydrogen) atoms. The minimum absolute atomic E-state index is 0.0587. The predicted molar refractivity (Wildman–Crippen MR) is 81.8 cm³/mol. The number of rotatable bonds is 3. The van der Waals surface area contributed by atoms with E-state index < -0.39 is 26.2 Å². The van der Waals surface area contributed by atoms with E-state index in [4.69, 9.17) is 11.6 Å². The lowest BCUT2D eigenvalue weighted by molar-refractivity contribution is 0.582. The topological polar surface area (TPSA) is 94.3 Å². The van der Waals surface area contributed by atoms with Crippen molar-refractivity contribution in [3.63, 3.8) is 0 Å². The molecule has 8 nitrogen and oxygen atoms in total. The molecule has 0 aromatic carbocycles. The zero-order chi connectivity index (χ0) is 16.7. The number of pyridine rings is 1. The lowest BCUT2D eigenvalue weighted by atomic mass is 10.5. The van der Waals surface area contributed by atoms with Crippen molar-refractivity contribution < 1.29 is 8.42 Å². The van der Waals surface area contributed by atoms with Crippen LogP contribution in [0.3, 0.4) is 0 Å². The minimum atomic E-state index is -4.18. The molecule has 118 valence electrons. The van der Waals surface area contributed by atoms with E-state index in [1.54, 1.807) is 0 Å². The zero-order valence-electron chi connectivity index (χ0n) is 12.0. The van der Waals surface area contributed by atoms with Crippen LogP contribution in [0, 0.1) is 0 Å². The summed E-state index contributed by atoms with van der Waals surface area (Å²) >= 11 is 5.74. The summed E-state index contributed by atoms with van der Waals surface area (Å²) in [6.45, 7) is 0. The summed E-state index contributed by atoms with van der Waals surface area (Å²) in [5.74, 6) is 0.0587. The Hall–Kier alpha value is -2.13. The van der Waals surface area contributed by atoms with Crippen LogP contribution in [0.2, 0.25) is 5.15 Å². The summed E-state index contributed by atoms with van der Waals surface area (Å²) in [7, 11) is -0.364. The van der Waals surface area contributed by atoms with E-state index >= 15 is 0 Å². The Labute approximate surface area is 131 Å². The van der Waals surface area contributed by atoms with Crippen molar-refractivity contribution in [3.05, 3.63) is 50.4 Å². The van der Waals surface area contributed by atoms with Gasteiger partial charge in [-0.05, 0) is 12.1 Å². The largest absolute Gasteiger partial charge is 0.330 e. The molecule has 2 heterocycles. The number of anilines is 1. The van der Waals surface area contributed by atoms with E-state index in [0.717, 1.165) is 19.6 Å². The molecule has 2 rings (SSSR count). The Kier molecular flexibility index (Phi) is 4.12. The lowest BCUT2D eigenvalue weighted by Crippen LogP contribution is -2.42. The molecule has 0 fully saturated rings. The summed E-state index contributed by atoms with van der Waals surface area (Å²) in [6.07, 6.45) is 0.987. The third-order valence-corrected chi connectivity index (χ3v) is 5.03. The van der Waals surface area contributed by atoms with E-state index in [1.165, 1.54) is 39.3 Å². The number of hydrogen-bond acceptors (Lipinski definition) is 5. The van der Waals surface area contributed by atoms with Crippen LogP contribution in [0.25, 0.3) is 0 Å². The van der Waals surface area contributed by atoms with Crippen molar-refractivity contribution in [1.82, 2.24) is 14.1 Å². The second-order valence-electron chi connectivity index (χ2n) is 4.54. The van der Waals surface area contributed by atoms with E-state index in [-0.39, 0.29) is 11.0 Å². The summed E-state index contributed by atoms with van der Waals surface area (Å²) in [5, 5.41) is 0.118. The average molecular weight is 345 g/mol. The second-order valence-corrected chi connectivity index (χ2v) is 6.87. The highest BCUT2D eigenvalue weighted by Gasteiger charge is 2.27. The Bertz CT molecular complexity index is 948. The number of aromatic nitrogens is 3. The molecule has 0 amide bonds. The van der Waals surface area contributed by atoms with Gasteiger partial charge in [0.05, 0.1) is 0 Å². The van der Waals surface area contributed by atoms with Gasteiger partial charge in [0, 0.05) is 27.3 Å². The first kappa shape index (κ1) is 16.2. The normalized spacial score (nSPS) is 11.5. The highest BCUT2D eigenvalue weighted by molar-refractivity contribution is 7.92. The van der Waals surface area contributed by atoms with Gasteiger partial charge in [0.1, 0.15) is 11.0 Å². The number of halogens is 1. The van der Waals surface area contributed by atoms with Crippen molar-refractivity contribution in [1.29, 1.82) is 0 Å². The molecule has 0 aliphatic carbocycles. The molecular weight excluding hydrogens is 332 g/mol. The Morgan fingerprint density at radius 3 is 2.45 bits per heavy atom. The summed E-state index contributed by atoms with van der Waals surface area (Å²) in [4.78, 5) is 27.1. The number of aryl methyl sites for hydroxylation is 1. The van der Waals surface area contributed by atoms with Crippen molar-refractivity contribution in [2.75, 3.05) is 11.4 Å². The molecule has 0 bridgehead atoms. The van der Waals surface area contributed by atoms with Gasteiger partial charge in [0.25, 0.3) is 15.6 Å². The molecule has 0 atom stereocenters. The van der Waals surface area contributed by atoms with Gasteiger partial charge in [-0.2, -0.15) is 0 Å². The van der Waals surface area contributed by atoms with Crippen LogP contribution in [0.5, 0.6) is 0 Å². The van der Waals surface area contributed by atoms with Crippen LogP contribution in [0.4, 0.5) is 5.82 Å². The summed E-state index contributed by atoms with van der Waals surface area (Å²) < 4.78 is 27.8. The van der Waals surface area contributed by atoms with Crippen LogP contribution in [-0.4, -0.2) is 29.6 Å². The van der Waals surface area contributed by atoms with Gasteiger partial charge in [0.15, 0.2) is 4.90 Å². The molecular formula is C12H13ClN4O4S. The Morgan fingerprint density at radius 1 is 1.23 bits per heavy atom. The zero-order valence-corrected chi connectivity index (χ0v) is 13.6. The van der Waals surface area contributed by atoms with E-state index in [2.05, 4.69) is 4.98 Å².